The molecule has 0 spiro atoms. The number of halogens is 3. The van der Waals surface area contributed by atoms with Crippen LogP contribution < -0.4 is 11.3 Å². The Labute approximate surface area is 109 Å². The van der Waals surface area contributed by atoms with Crippen LogP contribution in [0, 0.1) is 11.6 Å². The fraction of sp³-hybridized carbons (Fsp3) is 0.417. The number of hydrogen-bond donors (Lipinski definition) is 2. The molecule has 6 heteroatoms. The fourth-order valence-electron chi connectivity index (χ4n) is 2.10. The van der Waals surface area contributed by atoms with Gasteiger partial charge in [-0.2, -0.15) is 0 Å². The van der Waals surface area contributed by atoms with E-state index in [1.807, 2.05) is 0 Å². The molecular weight excluding hydrogens is 260 g/mol. The molecule has 0 radical (unpaired) electrons. The van der Waals surface area contributed by atoms with E-state index in [-0.39, 0.29) is 22.5 Å². The van der Waals surface area contributed by atoms with Gasteiger partial charge in [0.2, 0.25) is 0 Å². The molecule has 0 atom stereocenters. The van der Waals surface area contributed by atoms with E-state index in [0.29, 0.717) is 0 Å². The Morgan fingerprint density at radius 2 is 1.94 bits per heavy atom. The SMILES string of the molecule is NNC(=NC1CCCC1)c1cc(F)c(Cl)cc1F. The normalized spacial score (nSPS) is 17.2. The van der Waals surface area contributed by atoms with Crippen LogP contribution in [0.5, 0.6) is 0 Å². The van der Waals surface area contributed by atoms with Crippen molar-refractivity contribution in [2.75, 3.05) is 0 Å². The minimum absolute atomic E-state index is 0.00583. The van der Waals surface area contributed by atoms with Gasteiger partial charge in [0, 0.05) is 0 Å². The van der Waals surface area contributed by atoms with Crippen molar-refractivity contribution in [2.45, 2.75) is 31.7 Å². The number of benzene rings is 1. The number of aliphatic imine (C=N–C) groups is 1. The summed E-state index contributed by atoms with van der Waals surface area (Å²) in [7, 11) is 0. The minimum Gasteiger partial charge on any atom is -0.308 e. The standard InChI is InChI=1S/C12H14ClF2N3/c13-9-6-10(14)8(5-11(9)15)12(18-16)17-7-3-1-2-4-7/h5-7H,1-4,16H2,(H,17,18). The summed E-state index contributed by atoms with van der Waals surface area (Å²) < 4.78 is 27.1. The molecule has 1 saturated carbocycles. The number of rotatable bonds is 2. The molecular formula is C12H14ClF2N3. The molecule has 1 aliphatic rings. The van der Waals surface area contributed by atoms with Gasteiger partial charge in [-0.15, -0.1) is 0 Å². The Bertz CT molecular complexity index is 471. The Balaban J connectivity index is 2.34. The topological polar surface area (TPSA) is 50.4 Å². The van der Waals surface area contributed by atoms with Crippen LogP contribution in [0.1, 0.15) is 31.2 Å². The van der Waals surface area contributed by atoms with Crippen LogP contribution in [0.25, 0.3) is 0 Å². The van der Waals surface area contributed by atoms with Gasteiger partial charge in [0.25, 0.3) is 0 Å². The van der Waals surface area contributed by atoms with E-state index >= 15 is 0 Å². The number of hydrazine groups is 1. The molecule has 0 saturated heterocycles. The van der Waals surface area contributed by atoms with Crippen molar-refractivity contribution in [1.82, 2.24) is 5.43 Å². The summed E-state index contributed by atoms with van der Waals surface area (Å²) in [6.45, 7) is 0. The van der Waals surface area contributed by atoms with Gasteiger partial charge in [-0.05, 0) is 25.0 Å². The van der Waals surface area contributed by atoms with E-state index in [2.05, 4.69) is 10.4 Å². The molecule has 1 fully saturated rings. The number of nitrogens with two attached hydrogens (primary N) is 1. The first kappa shape index (κ1) is 13.2. The molecule has 98 valence electrons. The van der Waals surface area contributed by atoms with Gasteiger partial charge in [0.15, 0.2) is 0 Å². The zero-order chi connectivity index (χ0) is 13.1. The molecule has 0 bridgehead atoms. The smallest absolute Gasteiger partial charge is 0.145 e. The van der Waals surface area contributed by atoms with Gasteiger partial charge in [-0.3, -0.25) is 4.99 Å². The largest absolute Gasteiger partial charge is 0.308 e. The highest BCUT2D eigenvalue weighted by molar-refractivity contribution is 6.30. The van der Waals surface area contributed by atoms with Gasteiger partial charge >= 0.3 is 0 Å². The molecule has 0 aliphatic heterocycles. The maximum Gasteiger partial charge on any atom is 0.145 e. The Kier molecular flexibility index (Phi) is 4.14. The average molecular weight is 274 g/mol. The number of amidine groups is 1. The van der Waals surface area contributed by atoms with Crippen LogP contribution in [0.2, 0.25) is 5.02 Å². The third kappa shape index (κ3) is 2.79. The van der Waals surface area contributed by atoms with Gasteiger partial charge in [-0.1, -0.05) is 24.4 Å². The summed E-state index contributed by atoms with van der Waals surface area (Å²) in [5.74, 6) is 4.16. The van der Waals surface area contributed by atoms with Gasteiger partial charge in [0.05, 0.1) is 16.6 Å². The van der Waals surface area contributed by atoms with Crippen LogP contribution in [0.3, 0.4) is 0 Å². The van der Waals surface area contributed by atoms with E-state index in [1.165, 1.54) is 0 Å². The lowest BCUT2D eigenvalue weighted by atomic mass is 10.1. The summed E-state index contributed by atoms with van der Waals surface area (Å²) in [5.41, 5.74) is 2.34. The molecule has 1 aliphatic carbocycles. The highest BCUT2D eigenvalue weighted by atomic mass is 35.5. The molecule has 0 unspecified atom stereocenters. The van der Waals surface area contributed by atoms with Crippen LogP contribution >= 0.6 is 11.6 Å². The number of hydrogen-bond acceptors (Lipinski definition) is 2. The fourth-order valence-corrected chi connectivity index (χ4v) is 2.25. The Hall–Kier alpha value is -1.20. The molecule has 3 nitrogen and oxygen atoms in total. The molecule has 0 aromatic heterocycles. The first-order valence-corrected chi connectivity index (χ1v) is 6.19. The number of nitrogens with one attached hydrogen (secondary N) is 1. The van der Waals surface area contributed by atoms with E-state index in [9.17, 15) is 8.78 Å². The zero-order valence-electron chi connectivity index (χ0n) is 9.72. The predicted molar refractivity (Wildman–Crippen MR) is 67.5 cm³/mol. The second-order valence-corrected chi connectivity index (χ2v) is 4.71. The predicted octanol–water partition coefficient (Wildman–Crippen LogP) is 2.77. The Morgan fingerprint density at radius 3 is 2.56 bits per heavy atom. The number of nitrogens with zero attached hydrogens (tertiary/aromatic N) is 1. The average Bonchev–Trinajstić information content (AvgIpc) is 2.84. The lowest BCUT2D eigenvalue weighted by Gasteiger charge is -2.11. The quantitative estimate of drug-likeness (QED) is 0.286. The molecule has 2 rings (SSSR count). The lowest BCUT2D eigenvalue weighted by Crippen LogP contribution is -2.33. The second-order valence-electron chi connectivity index (χ2n) is 4.31. The van der Waals surface area contributed by atoms with Crippen LogP contribution in [-0.4, -0.2) is 11.9 Å². The summed E-state index contributed by atoms with van der Waals surface area (Å²) in [5, 5.41) is -0.256. The van der Waals surface area contributed by atoms with Crippen LogP contribution in [0.15, 0.2) is 17.1 Å². The minimum atomic E-state index is -0.692. The van der Waals surface area contributed by atoms with Crippen molar-refractivity contribution in [1.29, 1.82) is 0 Å². The second kappa shape index (κ2) is 5.63. The van der Waals surface area contributed by atoms with Crippen molar-refractivity contribution in [3.63, 3.8) is 0 Å². The van der Waals surface area contributed by atoms with Crippen LogP contribution in [0.4, 0.5) is 8.78 Å². The maximum atomic E-state index is 13.7. The molecule has 1 aromatic rings. The monoisotopic (exact) mass is 273 g/mol. The van der Waals surface area contributed by atoms with Crippen molar-refractivity contribution in [3.8, 4) is 0 Å². The van der Waals surface area contributed by atoms with Crippen molar-refractivity contribution >= 4 is 17.4 Å². The van der Waals surface area contributed by atoms with E-state index in [0.717, 1.165) is 37.8 Å². The zero-order valence-corrected chi connectivity index (χ0v) is 10.5. The molecule has 0 amide bonds. The van der Waals surface area contributed by atoms with Crippen molar-refractivity contribution < 1.29 is 8.78 Å². The molecule has 0 heterocycles. The highest BCUT2D eigenvalue weighted by Crippen LogP contribution is 2.23. The summed E-state index contributed by atoms with van der Waals surface area (Å²) in [6, 6.07) is 2.05. The Morgan fingerprint density at radius 1 is 1.28 bits per heavy atom. The third-order valence-electron chi connectivity index (χ3n) is 3.04. The molecule has 1 aromatic carbocycles. The van der Waals surface area contributed by atoms with Crippen molar-refractivity contribution in [2.24, 2.45) is 10.8 Å². The highest BCUT2D eigenvalue weighted by Gasteiger charge is 2.18. The van der Waals surface area contributed by atoms with E-state index in [4.69, 9.17) is 17.4 Å². The van der Waals surface area contributed by atoms with E-state index in [1.54, 1.807) is 0 Å². The van der Waals surface area contributed by atoms with Gasteiger partial charge in [0.1, 0.15) is 17.5 Å². The summed E-state index contributed by atoms with van der Waals surface area (Å²) >= 11 is 5.50. The first-order valence-electron chi connectivity index (χ1n) is 5.81. The summed E-state index contributed by atoms with van der Waals surface area (Å²) in [4.78, 5) is 4.33. The van der Waals surface area contributed by atoms with Gasteiger partial charge in [-0.25, -0.2) is 14.6 Å². The molecule has 3 N–H and O–H groups in total. The maximum absolute atomic E-state index is 13.7. The summed E-state index contributed by atoms with van der Waals surface area (Å²) in [6.07, 6.45) is 4.10. The van der Waals surface area contributed by atoms with Gasteiger partial charge < -0.3 is 5.43 Å². The third-order valence-corrected chi connectivity index (χ3v) is 3.33. The lowest BCUT2D eigenvalue weighted by molar-refractivity contribution is 0.596. The van der Waals surface area contributed by atoms with Crippen LogP contribution in [-0.2, 0) is 0 Å². The van der Waals surface area contributed by atoms with E-state index < -0.39 is 11.6 Å². The first-order chi connectivity index (χ1) is 8.61. The van der Waals surface area contributed by atoms with Crippen molar-refractivity contribution in [3.05, 3.63) is 34.4 Å². The molecule has 18 heavy (non-hydrogen) atoms.